The van der Waals surface area contributed by atoms with Gasteiger partial charge in [0.05, 0.1) is 17.7 Å². The quantitative estimate of drug-likeness (QED) is 0.806. The number of benzene rings is 1. The molecule has 0 amide bonds. The molecule has 0 bridgehead atoms. The van der Waals surface area contributed by atoms with Gasteiger partial charge in [-0.3, -0.25) is 0 Å². The molecule has 0 aliphatic heterocycles. The van der Waals surface area contributed by atoms with Gasteiger partial charge in [0.2, 0.25) is 0 Å². The lowest BCUT2D eigenvalue weighted by Crippen LogP contribution is -2.35. The van der Waals surface area contributed by atoms with Crippen molar-refractivity contribution in [3.05, 3.63) is 35.4 Å². The van der Waals surface area contributed by atoms with Crippen LogP contribution in [0.5, 0.6) is 0 Å². The minimum Gasteiger partial charge on any atom is -0.392 e. The number of nitrogens with one attached hydrogen (secondary N) is 1. The van der Waals surface area contributed by atoms with Gasteiger partial charge < -0.3 is 10.4 Å². The van der Waals surface area contributed by atoms with Crippen LogP contribution in [-0.4, -0.2) is 17.3 Å². The van der Waals surface area contributed by atoms with Gasteiger partial charge in [-0.1, -0.05) is 12.1 Å². The van der Waals surface area contributed by atoms with Crippen molar-refractivity contribution in [2.45, 2.75) is 38.0 Å². The molecule has 1 aromatic rings. The van der Waals surface area contributed by atoms with Crippen LogP contribution in [0.3, 0.4) is 0 Å². The normalized spacial score (nSPS) is 24.2. The number of rotatable bonds is 3. The van der Waals surface area contributed by atoms with Crippen molar-refractivity contribution in [1.29, 1.82) is 5.26 Å². The monoisotopic (exact) mass is 216 g/mol. The minimum atomic E-state index is -0.209. The van der Waals surface area contributed by atoms with Gasteiger partial charge in [-0.2, -0.15) is 5.26 Å². The summed E-state index contributed by atoms with van der Waals surface area (Å²) in [6.45, 7) is 0.719. The summed E-state index contributed by atoms with van der Waals surface area (Å²) in [6, 6.07) is 9.91. The van der Waals surface area contributed by atoms with E-state index in [1.54, 1.807) is 6.07 Å². The molecule has 1 aliphatic rings. The third-order valence-electron chi connectivity index (χ3n) is 3.10. The molecule has 0 heterocycles. The standard InChI is InChI=1S/C13H16N2O/c14-8-10-3-1-4-11(7-10)9-15-12-5-2-6-13(12)16/h1,3-4,7,12-13,15-16H,2,5-6,9H2/t12-,13-/m1/s1. The fraction of sp³-hybridized carbons (Fsp3) is 0.462. The van der Waals surface area contributed by atoms with E-state index in [0.717, 1.165) is 31.4 Å². The highest BCUT2D eigenvalue weighted by atomic mass is 16.3. The zero-order valence-electron chi connectivity index (χ0n) is 9.19. The molecule has 0 spiro atoms. The summed E-state index contributed by atoms with van der Waals surface area (Å²) in [5.41, 5.74) is 1.78. The Kier molecular flexibility index (Phi) is 3.55. The molecule has 2 rings (SSSR count). The molecule has 1 aromatic carbocycles. The van der Waals surface area contributed by atoms with E-state index in [2.05, 4.69) is 11.4 Å². The van der Waals surface area contributed by atoms with Crippen LogP contribution >= 0.6 is 0 Å². The van der Waals surface area contributed by atoms with Gasteiger partial charge in [0.1, 0.15) is 0 Å². The van der Waals surface area contributed by atoms with Crippen molar-refractivity contribution in [3.8, 4) is 6.07 Å². The molecule has 0 unspecified atom stereocenters. The second-order valence-electron chi connectivity index (χ2n) is 4.30. The molecule has 0 aromatic heterocycles. The maximum absolute atomic E-state index is 9.65. The molecule has 0 radical (unpaired) electrons. The van der Waals surface area contributed by atoms with Crippen LogP contribution in [-0.2, 0) is 6.54 Å². The fourth-order valence-corrected chi connectivity index (χ4v) is 2.18. The van der Waals surface area contributed by atoms with Crippen LogP contribution in [0.15, 0.2) is 24.3 Å². The topological polar surface area (TPSA) is 56.0 Å². The molecule has 2 atom stereocenters. The molecule has 1 saturated carbocycles. The summed E-state index contributed by atoms with van der Waals surface area (Å²) < 4.78 is 0. The first kappa shape index (κ1) is 11.1. The average molecular weight is 216 g/mol. The summed E-state index contributed by atoms with van der Waals surface area (Å²) in [6.07, 6.45) is 2.82. The van der Waals surface area contributed by atoms with Crippen LogP contribution in [0.1, 0.15) is 30.4 Å². The van der Waals surface area contributed by atoms with Gasteiger partial charge in [0.25, 0.3) is 0 Å². The summed E-state index contributed by atoms with van der Waals surface area (Å²) in [5, 5.41) is 21.8. The largest absolute Gasteiger partial charge is 0.392 e. The smallest absolute Gasteiger partial charge is 0.0991 e. The van der Waals surface area contributed by atoms with E-state index in [1.807, 2.05) is 18.2 Å². The van der Waals surface area contributed by atoms with E-state index in [4.69, 9.17) is 5.26 Å². The first-order valence-corrected chi connectivity index (χ1v) is 5.70. The predicted molar refractivity (Wildman–Crippen MR) is 61.6 cm³/mol. The highest BCUT2D eigenvalue weighted by Gasteiger charge is 2.24. The van der Waals surface area contributed by atoms with Gasteiger partial charge in [-0.15, -0.1) is 0 Å². The predicted octanol–water partition coefficient (Wildman–Crippen LogP) is 1.56. The third-order valence-corrected chi connectivity index (χ3v) is 3.10. The second kappa shape index (κ2) is 5.11. The van der Waals surface area contributed by atoms with E-state index in [1.165, 1.54) is 0 Å². The average Bonchev–Trinajstić information content (AvgIpc) is 2.72. The zero-order chi connectivity index (χ0) is 11.4. The SMILES string of the molecule is N#Cc1cccc(CN[C@@H]2CCC[C@H]2O)c1. The number of aliphatic hydroxyl groups excluding tert-OH is 1. The van der Waals surface area contributed by atoms with E-state index in [0.29, 0.717) is 5.56 Å². The van der Waals surface area contributed by atoms with Crippen molar-refractivity contribution in [1.82, 2.24) is 5.32 Å². The van der Waals surface area contributed by atoms with Crippen molar-refractivity contribution < 1.29 is 5.11 Å². The molecular weight excluding hydrogens is 200 g/mol. The van der Waals surface area contributed by atoms with Crippen molar-refractivity contribution in [2.24, 2.45) is 0 Å². The minimum absolute atomic E-state index is 0.209. The maximum Gasteiger partial charge on any atom is 0.0991 e. The molecule has 2 N–H and O–H groups in total. The Labute approximate surface area is 95.7 Å². The summed E-state index contributed by atoms with van der Waals surface area (Å²) in [7, 11) is 0. The molecule has 16 heavy (non-hydrogen) atoms. The molecule has 1 aliphatic carbocycles. The number of nitriles is 1. The number of hydrogen-bond acceptors (Lipinski definition) is 3. The number of nitrogens with zero attached hydrogens (tertiary/aromatic N) is 1. The lowest BCUT2D eigenvalue weighted by molar-refractivity contribution is 0.148. The Hall–Kier alpha value is -1.37. The van der Waals surface area contributed by atoms with Gasteiger partial charge in [-0.05, 0) is 37.0 Å². The van der Waals surface area contributed by atoms with Gasteiger partial charge in [0.15, 0.2) is 0 Å². The summed E-state index contributed by atoms with van der Waals surface area (Å²) in [5.74, 6) is 0. The van der Waals surface area contributed by atoms with Gasteiger partial charge in [-0.25, -0.2) is 0 Å². The van der Waals surface area contributed by atoms with Crippen LogP contribution in [0.25, 0.3) is 0 Å². The number of hydrogen-bond donors (Lipinski definition) is 2. The van der Waals surface area contributed by atoms with Crippen molar-refractivity contribution >= 4 is 0 Å². The van der Waals surface area contributed by atoms with Crippen LogP contribution in [0, 0.1) is 11.3 Å². The second-order valence-corrected chi connectivity index (χ2v) is 4.30. The van der Waals surface area contributed by atoms with Crippen molar-refractivity contribution in [3.63, 3.8) is 0 Å². The molecular formula is C13H16N2O. The Bertz CT molecular complexity index is 397. The lowest BCUT2D eigenvalue weighted by Gasteiger charge is -2.16. The first-order valence-electron chi connectivity index (χ1n) is 5.70. The highest BCUT2D eigenvalue weighted by Crippen LogP contribution is 2.19. The first-order chi connectivity index (χ1) is 7.79. The Morgan fingerprint density at radius 3 is 3.00 bits per heavy atom. The summed E-state index contributed by atoms with van der Waals surface area (Å²) in [4.78, 5) is 0. The molecule has 3 heteroatoms. The maximum atomic E-state index is 9.65. The fourth-order valence-electron chi connectivity index (χ4n) is 2.18. The van der Waals surface area contributed by atoms with E-state index in [9.17, 15) is 5.11 Å². The Morgan fingerprint density at radius 2 is 2.31 bits per heavy atom. The Balaban J connectivity index is 1.92. The number of aliphatic hydroxyl groups is 1. The third kappa shape index (κ3) is 2.60. The van der Waals surface area contributed by atoms with E-state index in [-0.39, 0.29) is 12.1 Å². The van der Waals surface area contributed by atoms with Gasteiger partial charge in [0, 0.05) is 12.6 Å². The van der Waals surface area contributed by atoms with Crippen molar-refractivity contribution in [2.75, 3.05) is 0 Å². The van der Waals surface area contributed by atoms with E-state index >= 15 is 0 Å². The molecule has 84 valence electrons. The van der Waals surface area contributed by atoms with Crippen LogP contribution < -0.4 is 5.32 Å². The van der Waals surface area contributed by atoms with E-state index < -0.39 is 0 Å². The summed E-state index contributed by atoms with van der Waals surface area (Å²) >= 11 is 0. The Morgan fingerprint density at radius 1 is 1.44 bits per heavy atom. The van der Waals surface area contributed by atoms with Crippen LogP contribution in [0.2, 0.25) is 0 Å². The highest BCUT2D eigenvalue weighted by molar-refractivity contribution is 5.32. The van der Waals surface area contributed by atoms with Gasteiger partial charge >= 0.3 is 0 Å². The molecule has 0 saturated heterocycles. The molecule has 3 nitrogen and oxygen atoms in total. The molecule has 1 fully saturated rings. The lowest BCUT2D eigenvalue weighted by atomic mass is 10.1. The zero-order valence-corrected chi connectivity index (χ0v) is 9.19. The van der Waals surface area contributed by atoms with Crippen LogP contribution in [0.4, 0.5) is 0 Å².